The number of rotatable bonds is 6. The molecule has 2 amide bonds. The van der Waals surface area contributed by atoms with Crippen molar-refractivity contribution in [2.45, 2.75) is 20.3 Å². The van der Waals surface area contributed by atoms with Crippen LogP contribution in [0.4, 0.5) is 5.69 Å². The molecular weight excluding hydrogens is 422 g/mol. The van der Waals surface area contributed by atoms with Crippen LogP contribution in [0, 0.1) is 13.8 Å². The van der Waals surface area contributed by atoms with Gasteiger partial charge in [-0.25, -0.2) is 4.98 Å². The molecule has 0 unspecified atom stereocenters. The third kappa shape index (κ3) is 5.38. The highest BCUT2D eigenvalue weighted by Gasteiger charge is 2.23. The molecule has 0 saturated carbocycles. The zero-order valence-corrected chi connectivity index (χ0v) is 19.2. The Morgan fingerprint density at radius 3 is 2.66 bits per heavy atom. The smallest absolute Gasteiger partial charge is 0.238 e. The van der Waals surface area contributed by atoms with Crippen LogP contribution in [-0.2, 0) is 16.0 Å². The van der Waals surface area contributed by atoms with Gasteiger partial charge in [-0.05, 0) is 43.2 Å². The van der Waals surface area contributed by atoms with E-state index in [0.717, 1.165) is 33.1 Å². The third-order valence-electron chi connectivity index (χ3n) is 5.76. The second kappa shape index (κ2) is 10.0. The Labute approximate surface area is 192 Å². The second-order valence-corrected chi connectivity index (χ2v) is 8.87. The summed E-state index contributed by atoms with van der Waals surface area (Å²) in [7, 11) is 0. The van der Waals surface area contributed by atoms with Crippen molar-refractivity contribution in [2.24, 2.45) is 0 Å². The molecule has 3 heterocycles. The minimum Gasteiger partial charge on any atom is -0.340 e. The van der Waals surface area contributed by atoms with Gasteiger partial charge in [-0.15, -0.1) is 11.3 Å². The molecule has 4 rings (SSSR count). The SMILES string of the molecule is Cc1cccc(NC(=O)CN2CCN(C(=O)Cc3csc(-c4cccnc4)n3)CC2)c1C. The summed E-state index contributed by atoms with van der Waals surface area (Å²) in [5.74, 6) is 0.0522. The van der Waals surface area contributed by atoms with Crippen LogP contribution in [-0.4, -0.2) is 64.3 Å². The highest BCUT2D eigenvalue weighted by atomic mass is 32.1. The van der Waals surface area contributed by atoms with Crippen molar-refractivity contribution >= 4 is 28.8 Å². The second-order valence-electron chi connectivity index (χ2n) is 8.02. The molecule has 1 N–H and O–H groups in total. The number of carbonyl (C=O) groups is 2. The Hall–Kier alpha value is -3.10. The van der Waals surface area contributed by atoms with Crippen LogP contribution in [0.15, 0.2) is 48.1 Å². The molecule has 1 aliphatic heterocycles. The quantitative estimate of drug-likeness (QED) is 0.626. The standard InChI is InChI=1S/C24H27N5O2S/c1-17-5-3-7-21(18(17)2)27-22(30)15-28-9-11-29(12-10-28)23(31)13-20-16-32-24(26-20)19-6-4-8-25-14-19/h3-8,14,16H,9-13,15H2,1-2H3,(H,27,30). The highest BCUT2D eigenvalue weighted by Crippen LogP contribution is 2.23. The molecule has 32 heavy (non-hydrogen) atoms. The number of benzene rings is 1. The monoisotopic (exact) mass is 449 g/mol. The number of aryl methyl sites for hydroxylation is 1. The maximum atomic E-state index is 12.7. The summed E-state index contributed by atoms with van der Waals surface area (Å²) in [6.45, 7) is 6.98. The van der Waals surface area contributed by atoms with Crippen LogP contribution in [0.1, 0.15) is 16.8 Å². The van der Waals surface area contributed by atoms with Crippen LogP contribution >= 0.6 is 11.3 Å². The summed E-state index contributed by atoms with van der Waals surface area (Å²) in [5.41, 5.74) is 4.85. The number of hydrogen-bond acceptors (Lipinski definition) is 6. The van der Waals surface area contributed by atoms with Gasteiger partial charge in [0.15, 0.2) is 0 Å². The van der Waals surface area contributed by atoms with Crippen molar-refractivity contribution in [3.05, 3.63) is 64.9 Å². The minimum absolute atomic E-state index is 0.0242. The summed E-state index contributed by atoms with van der Waals surface area (Å²) >= 11 is 1.53. The first-order chi connectivity index (χ1) is 15.5. The van der Waals surface area contributed by atoms with E-state index in [1.54, 1.807) is 12.4 Å². The zero-order chi connectivity index (χ0) is 22.5. The number of pyridine rings is 1. The molecule has 2 aromatic heterocycles. The topological polar surface area (TPSA) is 78.4 Å². The van der Waals surface area contributed by atoms with Crippen molar-refractivity contribution in [2.75, 3.05) is 38.0 Å². The van der Waals surface area contributed by atoms with Gasteiger partial charge in [-0.1, -0.05) is 12.1 Å². The van der Waals surface area contributed by atoms with Crippen molar-refractivity contribution < 1.29 is 9.59 Å². The van der Waals surface area contributed by atoms with Gasteiger partial charge in [0.2, 0.25) is 11.8 Å². The van der Waals surface area contributed by atoms with E-state index >= 15 is 0 Å². The number of carbonyl (C=O) groups excluding carboxylic acids is 2. The van der Waals surface area contributed by atoms with Crippen molar-refractivity contribution in [3.8, 4) is 10.6 Å². The van der Waals surface area contributed by atoms with Gasteiger partial charge >= 0.3 is 0 Å². The number of anilines is 1. The van der Waals surface area contributed by atoms with Gasteiger partial charge in [0.1, 0.15) is 5.01 Å². The van der Waals surface area contributed by atoms with E-state index in [0.29, 0.717) is 39.1 Å². The largest absolute Gasteiger partial charge is 0.340 e. The van der Waals surface area contributed by atoms with Crippen LogP contribution in [0.5, 0.6) is 0 Å². The molecule has 0 atom stereocenters. The summed E-state index contributed by atoms with van der Waals surface area (Å²) in [5, 5.41) is 5.82. The molecule has 1 saturated heterocycles. The van der Waals surface area contributed by atoms with Gasteiger partial charge in [0.05, 0.1) is 18.7 Å². The molecule has 1 aliphatic rings. The Morgan fingerprint density at radius 2 is 1.91 bits per heavy atom. The van der Waals surface area contributed by atoms with Crippen LogP contribution in [0.25, 0.3) is 10.6 Å². The fourth-order valence-electron chi connectivity index (χ4n) is 3.71. The number of thiazole rings is 1. The fourth-order valence-corrected chi connectivity index (χ4v) is 4.52. The molecule has 3 aromatic rings. The van der Waals surface area contributed by atoms with Crippen LogP contribution < -0.4 is 5.32 Å². The molecule has 0 bridgehead atoms. The Balaban J connectivity index is 1.24. The summed E-state index contributed by atoms with van der Waals surface area (Å²) in [6.07, 6.45) is 3.80. The third-order valence-corrected chi connectivity index (χ3v) is 6.70. The first-order valence-corrected chi connectivity index (χ1v) is 11.6. The predicted molar refractivity (Wildman–Crippen MR) is 127 cm³/mol. The van der Waals surface area contributed by atoms with Crippen LogP contribution in [0.3, 0.4) is 0 Å². The lowest BCUT2D eigenvalue weighted by Gasteiger charge is -2.34. The number of piperazine rings is 1. The van der Waals surface area contributed by atoms with Gasteiger partial charge in [0, 0.05) is 55.2 Å². The van der Waals surface area contributed by atoms with Crippen molar-refractivity contribution in [1.29, 1.82) is 0 Å². The first-order valence-electron chi connectivity index (χ1n) is 10.7. The average molecular weight is 450 g/mol. The molecule has 1 fully saturated rings. The molecule has 0 spiro atoms. The van der Waals surface area contributed by atoms with Gasteiger partial charge in [-0.2, -0.15) is 0 Å². The number of nitrogens with zero attached hydrogens (tertiary/aromatic N) is 4. The lowest BCUT2D eigenvalue weighted by molar-refractivity contribution is -0.132. The zero-order valence-electron chi connectivity index (χ0n) is 18.4. The minimum atomic E-state index is -0.0242. The number of nitrogens with one attached hydrogen (secondary N) is 1. The van der Waals surface area contributed by atoms with E-state index in [4.69, 9.17) is 0 Å². The highest BCUT2D eigenvalue weighted by molar-refractivity contribution is 7.13. The van der Waals surface area contributed by atoms with E-state index in [-0.39, 0.29) is 11.8 Å². The molecule has 0 radical (unpaired) electrons. The molecule has 8 heteroatoms. The average Bonchev–Trinajstić information content (AvgIpc) is 3.26. The maximum absolute atomic E-state index is 12.7. The lowest BCUT2D eigenvalue weighted by Crippen LogP contribution is -2.50. The van der Waals surface area contributed by atoms with E-state index in [2.05, 4.69) is 20.2 Å². The Morgan fingerprint density at radius 1 is 1.09 bits per heavy atom. The molecule has 7 nitrogen and oxygen atoms in total. The lowest BCUT2D eigenvalue weighted by atomic mass is 10.1. The summed E-state index contributed by atoms with van der Waals surface area (Å²) in [4.78, 5) is 37.9. The number of amides is 2. The van der Waals surface area contributed by atoms with E-state index in [1.165, 1.54) is 11.3 Å². The van der Waals surface area contributed by atoms with Crippen LogP contribution in [0.2, 0.25) is 0 Å². The Kier molecular flexibility index (Phi) is 6.92. The van der Waals surface area contributed by atoms with Crippen molar-refractivity contribution in [3.63, 3.8) is 0 Å². The maximum Gasteiger partial charge on any atom is 0.238 e. The number of hydrogen-bond donors (Lipinski definition) is 1. The van der Waals surface area contributed by atoms with E-state index < -0.39 is 0 Å². The first kappa shape index (κ1) is 22.1. The van der Waals surface area contributed by atoms with Gasteiger partial charge in [-0.3, -0.25) is 19.5 Å². The number of aromatic nitrogens is 2. The molecule has 0 aliphatic carbocycles. The van der Waals surface area contributed by atoms with Gasteiger partial charge < -0.3 is 10.2 Å². The summed E-state index contributed by atoms with van der Waals surface area (Å²) < 4.78 is 0. The molecule has 166 valence electrons. The van der Waals surface area contributed by atoms with E-state index in [1.807, 2.05) is 54.5 Å². The molecule has 1 aromatic carbocycles. The normalized spacial score (nSPS) is 14.4. The van der Waals surface area contributed by atoms with E-state index in [9.17, 15) is 9.59 Å². The molecular formula is C24H27N5O2S. The summed E-state index contributed by atoms with van der Waals surface area (Å²) in [6, 6.07) is 9.75. The predicted octanol–water partition coefficient (Wildman–Crippen LogP) is 3.15. The fraction of sp³-hybridized carbons (Fsp3) is 0.333. The van der Waals surface area contributed by atoms with Gasteiger partial charge in [0.25, 0.3) is 0 Å². The Bertz CT molecular complexity index is 1090. The van der Waals surface area contributed by atoms with Crippen molar-refractivity contribution in [1.82, 2.24) is 19.8 Å².